The van der Waals surface area contributed by atoms with E-state index in [-0.39, 0.29) is 12.3 Å². The molecule has 65 heavy (non-hydrogen) atoms. The van der Waals surface area contributed by atoms with Crippen LogP contribution in [0.1, 0.15) is 132 Å². The fraction of sp³-hybridized carbons (Fsp3) is 0.364. The monoisotopic (exact) mass is 1020 g/mol. The normalized spacial score (nSPS) is 10.6. The molecule has 4 aromatic carbocycles. The van der Waals surface area contributed by atoms with Crippen LogP contribution >= 0.6 is 31.9 Å². The van der Waals surface area contributed by atoms with Gasteiger partial charge in [-0.05, 0) is 108 Å². The van der Waals surface area contributed by atoms with Gasteiger partial charge >= 0.3 is 6.15 Å². The Morgan fingerprint density at radius 1 is 0.477 bits per heavy atom. The smallest absolute Gasteiger partial charge is 0.344 e. The molecule has 356 valence electrons. The van der Waals surface area contributed by atoms with Crippen LogP contribution in [-0.4, -0.2) is 36.3 Å². The van der Waals surface area contributed by atoms with Crippen molar-refractivity contribution in [2.75, 3.05) is 34.8 Å². The van der Waals surface area contributed by atoms with Gasteiger partial charge in [0.05, 0.1) is 0 Å². The van der Waals surface area contributed by atoms with Gasteiger partial charge in [-0.3, -0.25) is 4.70 Å². The van der Waals surface area contributed by atoms with Crippen molar-refractivity contribution in [1.29, 1.82) is 0 Å². The molecule has 6 aromatic rings. The molecule has 0 saturated carbocycles. The molecule has 2 aromatic heterocycles. The van der Waals surface area contributed by atoms with Crippen molar-refractivity contribution in [3.63, 3.8) is 0 Å². The number of hydrogen-bond acceptors (Lipinski definition) is 7. The molecule has 0 aliphatic carbocycles. The number of benzene rings is 4. The third-order valence-corrected chi connectivity index (χ3v) is 10.4. The predicted octanol–water partition coefficient (Wildman–Crippen LogP) is 17.1. The molecule has 9 rings (SSSR count). The fourth-order valence-corrected chi connectivity index (χ4v) is 7.95. The molecular formula is C55H78Br2FN5O2. The summed E-state index contributed by atoms with van der Waals surface area (Å²) in [5, 5.41) is 0. The minimum absolute atomic E-state index is 0. The Bertz CT molecular complexity index is 2190. The van der Waals surface area contributed by atoms with Crippen LogP contribution in [0.4, 0.5) is 39.1 Å². The molecular weight excluding hydrogens is 941 g/mol. The van der Waals surface area contributed by atoms with E-state index in [9.17, 15) is 0 Å². The molecule has 0 saturated heterocycles. The van der Waals surface area contributed by atoms with E-state index in [1.165, 1.54) is 56.1 Å². The summed E-state index contributed by atoms with van der Waals surface area (Å²) < 4.78 is 2.29. The van der Waals surface area contributed by atoms with Crippen molar-refractivity contribution in [2.24, 2.45) is 0 Å². The third-order valence-electron chi connectivity index (χ3n) is 9.39. The summed E-state index contributed by atoms with van der Waals surface area (Å²) in [5.74, 6) is 2.22. The average Bonchev–Trinajstić information content (AvgIpc) is 3.36. The van der Waals surface area contributed by atoms with Gasteiger partial charge in [0.25, 0.3) is 0 Å². The summed E-state index contributed by atoms with van der Waals surface area (Å²) in [6.07, 6.45) is 6.97. The Balaban J connectivity index is -0.000000777. The van der Waals surface area contributed by atoms with Gasteiger partial charge < -0.3 is 14.7 Å². The van der Waals surface area contributed by atoms with Gasteiger partial charge in [0.2, 0.25) is 0 Å². The van der Waals surface area contributed by atoms with Crippen molar-refractivity contribution < 1.29 is 15.7 Å². The molecule has 10 heteroatoms. The number of pyridine rings is 2. The maximum absolute atomic E-state index is 8.12. The van der Waals surface area contributed by atoms with Gasteiger partial charge in [-0.15, -0.1) is 0 Å². The van der Waals surface area contributed by atoms with Crippen LogP contribution in [0.2, 0.25) is 0 Å². The second-order valence-corrected chi connectivity index (χ2v) is 14.3. The minimum Gasteiger partial charge on any atom is -0.344 e. The van der Waals surface area contributed by atoms with Crippen LogP contribution < -0.4 is 14.7 Å². The van der Waals surface area contributed by atoms with E-state index in [0.29, 0.717) is 0 Å². The lowest BCUT2D eigenvalue weighted by molar-refractivity contribution is -0.191. The van der Waals surface area contributed by atoms with E-state index in [0.717, 1.165) is 52.9 Å². The number of para-hydroxylation sites is 2. The first-order valence-electron chi connectivity index (χ1n) is 23.2. The largest absolute Gasteiger partial charge is 0.373 e. The van der Waals surface area contributed by atoms with Crippen molar-refractivity contribution in [2.45, 2.75) is 116 Å². The first-order chi connectivity index (χ1) is 31.4. The Labute approximate surface area is 410 Å². The highest BCUT2D eigenvalue weighted by atomic mass is 79.9. The lowest BCUT2D eigenvalue weighted by atomic mass is 9.96. The molecule has 5 heterocycles. The Morgan fingerprint density at radius 2 is 0.785 bits per heavy atom. The van der Waals surface area contributed by atoms with Crippen molar-refractivity contribution in [3.8, 4) is 0 Å². The highest BCUT2D eigenvalue weighted by molar-refractivity contribution is 9.10. The highest BCUT2D eigenvalue weighted by Gasteiger charge is 2.23. The summed E-state index contributed by atoms with van der Waals surface area (Å²) in [7, 11) is 2.13. The summed E-state index contributed by atoms with van der Waals surface area (Å²) >= 11 is 7.07. The zero-order valence-corrected chi connectivity index (χ0v) is 45.0. The van der Waals surface area contributed by atoms with Gasteiger partial charge in [0.15, 0.2) is 0 Å². The number of nitrogens with zero attached hydrogens (tertiary/aromatic N) is 5. The molecule has 3 aliphatic rings. The third kappa shape index (κ3) is 17.3. The molecule has 0 fully saturated rings. The summed E-state index contributed by atoms with van der Waals surface area (Å²) in [5.41, 5.74) is 13.4. The Kier molecular flexibility index (Phi) is 34.4. The zero-order valence-electron chi connectivity index (χ0n) is 41.8. The SMILES string of the molecule is CC.CC.CC.CC.CC.CC.CCN1c2ccc(Br)cc2Cc2cccnc21.CCN1c2ccccc2Cc2cccnc21.CN1c2ccccc2Cc2cc(Br)ccc21.F.O=C=O.[HH]. The number of anilines is 6. The number of halogens is 3. The number of carbonyl (C=O) groups excluding carboxylic acids is 2. The standard InChI is InChI=1S/C14H13BrN2.C14H12BrN.C14H14N2.6C2H6.CO2.FH.H2/c1-2-17-13-6-5-12(15)9-11(13)8-10-4-3-7-16-14(10)17;1-16-13-5-3-2-4-10(13)8-11-9-12(15)6-7-14(11)16;1-2-16-13-8-4-3-6-11(13)10-12-7-5-9-15-14(12)16;6*1-2;2-1-3;;/h3-7,9H,2,8H2,1H3;2-7,9H,8H2,1H3;3-9H,2,10H2,1H3;6*1-2H3;;2*1H. The second-order valence-electron chi connectivity index (χ2n) is 12.4. The summed E-state index contributed by atoms with van der Waals surface area (Å²) in [6, 6.07) is 38.5. The van der Waals surface area contributed by atoms with Crippen LogP contribution in [0.5, 0.6) is 0 Å². The molecule has 0 bridgehead atoms. The maximum atomic E-state index is 8.12. The molecule has 0 unspecified atom stereocenters. The molecule has 0 atom stereocenters. The van der Waals surface area contributed by atoms with Crippen molar-refractivity contribution >= 4 is 72.4 Å². The van der Waals surface area contributed by atoms with E-state index in [4.69, 9.17) is 9.59 Å². The Morgan fingerprint density at radius 3 is 1.23 bits per heavy atom. The topological polar surface area (TPSA) is 69.6 Å². The van der Waals surface area contributed by atoms with E-state index in [2.05, 4.69) is 174 Å². The van der Waals surface area contributed by atoms with Gasteiger partial charge in [-0.2, -0.15) is 9.59 Å². The molecule has 0 radical (unpaired) electrons. The van der Waals surface area contributed by atoms with Gasteiger partial charge in [-0.25, -0.2) is 9.97 Å². The van der Waals surface area contributed by atoms with E-state index < -0.39 is 0 Å². The summed E-state index contributed by atoms with van der Waals surface area (Å²) in [6.45, 7) is 30.2. The second kappa shape index (κ2) is 36.1. The van der Waals surface area contributed by atoms with E-state index in [1.807, 2.05) is 108 Å². The Hall–Kier alpha value is -5.15. The van der Waals surface area contributed by atoms with E-state index >= 15 is 0 Å². The van der Waals surface area contributed by atoms with Crippen molar-refractivity contribution in [3.05, 3.63) is 164 Å². The van der Waals surface area contributed by atoms with Crippen molar-refractivity contribution in [1.82, 2.24) is 9.97 Å². The maximum Gasteiger partial charge on any atom is 0.373 e. The van der Waals surface area contributed by atoms with E-state index in [1.54, 1.807) is 0 Å². The van der Waals surface area contributed by atoms with Crippen LogP contribution in [0.25, 0.3) is 0 Å². The van der Waals surface area contributed by atoms with Gasteiger partial charge in [0, 0.05) is 84.9 Å². The van der Waals surface area contributed by atoms with Crippen LogP contribution in [0.15, 0.2) is 131 Å². The number of aromatic nitrogens is 2. The molecule has 0 amide bonds. The molecule has 3 aliphatic heterocycles. The lowest BCUT2D eigenvalue weighted by Crippen LogP contribution is -2.24. The molecule has 7 nitrogen and oxygen atoms in total. The highest BCUT2D eigenvalue weighted by Crippen LogP contribution is 2.40. The minimum atomic E-state index is 0. The predicted molar refractivity (Wildman–Crippen MR) is 289 cm³/mol. The number of hydrogen-bond donors (Lipinski definition) is 0. The van der Waals surface area contributed by atoms with Gasteiger partial charge in [0.1, 0.15) is 11.6 Å². The van der Waals surface area contributed by atoms with Crippen LogP contribution in [0.3, 0.4) is 0 Å². The molecule has 0 spiro atoms. The van der Waals surface area contributed by atoms with Gasteiger partial charge in [-0.1, -0.05) is 163 Å². The summed E-state index contributed by atoms with van der Waals surface area (Å²) in [4.78, 5) is 32.1. The first kappa shape index (κ1) is 61.9. The quantitative estimate of drug-likeness (QED) is 0.171. The number of fused-ring (bicyclic) bond motifs is 6. The first-order valence-corrected chi connectivity index (χ1v) is 24.8. The zero-order chi connectivity index (χ0) is 48.6. The fourth-order valence-electron chi connectivity index (χ4n) is 7.13. The lowest BCUT2D eigenvalue weighted by Gasteiger charge is -2.31. The van der Waals surface area contributed by atoms with Crippen LogP contribution in [0, 0.1) is 0 Å². The number of rotatable bonds is 2. The average molecular weight is 1020 g/mol. The van der Waals surface area contributed by atoms with Crippen LogP contribution in [-0.2, 0) is 28.9 Å². The molecule has 0 N–H and O–H groups in total.